The number of Topliss-reactive ketones (excluding diaryl/α,β-unsaturated/α-hetero) is 2. The van der Waals surface area contributed by atoms with Crippen LogP contribution in [-0.4, -0.2) is 46.5 Å². The van der Waals surface area contributed by atoms with Crippen LogP contribution in [0, 0.1) is 76.4 Å². The van der Waals surface area contributed by atoms with E-state index < -0.39 is 0 Å². The van der Waals surface area contributed by atoms with Crippen molar-refractivity contribution in [2.75, 3.05) is 13.2 Å². The number of carbonyl (C=O) groups is 4. The average Bonchev–Trinajstić information content (AvgIpc) is 3.66. The van der Waals surface area contributed by atoms with Gasteiger partial charge in [0.25, 0.3) is 0 Å². The second-order valence-corrected chi connectivity index (χ2v) is 14.6. The van der Waals surface area contributed by atoms with Crippen molar-refractivity contribution in [1.29, 1.82) is 0 Å². The molecule has 215 valence electrons. The molecule has 0 spiro atoms. The first-order valence-electron chi connectivity index (χ1n) is 15.4. The summed E-state index contributed by atoms with van der Waals surface area (Å²) in [4.78, 5) is 55.1. The van der Waals surface area contributed by atoms with Crippen LogP contribution in [0.3, 0.4) is 0 Å². The Bertz CT molecular complexity index is 988. The Morgan fingerprint density at radius 2 is 1.51 bits per heavy atom. The molecule has 2 amide bonds. The van der Waals surface area contributed by atoms with Crippen LogP contribution in [0.1, 0.15) is 86.5 Å². The van der Waals surface area contributed by atoms with Gasteiger partial charge >= 0.3 is 0 Å². The third kappa shape index (κ3) is 5.09. The number of imide groups is 1. The summed E-state index contributed by atoms with van der Waals surface area (Å²) in [5, 5.41) is 9.23. The van der Waals surface area contributed by atoms with Gasteiger partial charge in [0.05, 0.1) is 5.92 Å². The molecule has 39 heavy (non-hydrogen) atoms. The van der Waals surface area contributed by atoms with Crippen molar-refractivity contribution in [3.05, 3.63) is 0 Å². The molecule has 4 saturated carbocycles. The molecule has 1 aliphatic heterocycles. The Labute approximate surface area is 260 Å². The molecular weight excluding hydrogens is 567 g/mol. The van der Waals surface area contributed by atoms with Gasteiger partial charge in [0, 0.05) is 75.5 Å². The second-order valence-electron chi connectivity index (χ2n) is 14.6. The van der Waals surface area contributed by atoms with E-state index in [1.165, 1.54) is 4.90 Å². The maximum atomic E-state index is 13.8. The fourth-order valence-electron chi connectivity index (χ4n) is 10.4. The van der Waals surface area contributed by atoms with Crippen LogP contribution in [0.2, 0.25) is 0 Å². The number of aliphatic hydroxyl groups excluding tert-OH is 1. The molecule has 4 bridgehead atoms. The SMILES string of the molecule is CCCN1C(=O)C(C)C(C2C3CC(C(=O)C(C)(C)C)C(C3)C2C2C3CC(C(=O)CCCO)C(C3)C2C)C1=O.[Y]. The molecule has 7 heteroatoms. The van der Waals surface area contributed by atoms with Gasteiger partial charge in [0.2, 0.25) is 11.8 Å². The number of fused-ring (bicyclic) bond motifs is 4. The van der Waals surface area contributed by atoms with Crippen molar-refractivity contribution < 1.29 is 57.0 Å². The first-order chi connectivity index (χ1) is 17.9. The number of amides is 2. The molecule has 1 saturated heterocycles. The normalized spacial score (nSPS) is 42.9. The number of carbonyl (C=O) groups excluding carboxylic acids is 4. The number of nitrogens with zero attached hydrogens (tertiary/aromatic N) is 1. The standard InChI is InChI=1S/C32H49NO5.Y/c1-7-10-33-30(37)17(3)26(31(33)38)27-19-14-22(23(15-19)29(36)32(4,5)6)28(27)25-16(2)20-12-18(25)13-21(20)24(35)9-8-11-34;/h16-23,25-28,34H,7-15H2,1-6H3;. The third-order valence-corrected chi connectivity index (χ3v) is 11.7. The van der Waals surface area contributed by atoms with E-state index in [4.69, 9.17) is 0 Å². The van der Waals surface area contributed by atoms with Crippen LogP contribution in [0.5, 0.6) is 0 Å². The Balaban J connectivity index is 0.00000353. The number of likely N-dealkylation sites (tertiary alicyclic amines) is 1. The zero-order valence-electron chi connectivity index (χ0n) is 24.9. The van der Waals surface area contributed by atoms with Crippen LogP contribution in [-0.2, 0) is 51.9 Å². The largest absolute Gasteiger partial charge is 0.396 e. The first-order valence-corrected chi connectivity index (χ1v) is 15.4. The van der Waals surface area contributed by atoms with Gasteiger partial charge in [0.15, 0.2) is 0 Å². The summed E-state index contributed by atoms with van der Waals surface area (Å²) in [6.45, 7) is 12.9. The summed E-state index contributed by atoms with van der Waals surface area (Å²) in [5.74, 6) is 2.89. The third-order valence-electron chi connectivity index (χ3n) is 11.7. The van der Waals surface area contributed by atoms with Gasteiger partial charge in [-0.3, -0.25) is 24.1 Å². The van der Waals surface area contributed by atoms with Crippen molar-refractivity contribution in [3.8, 4) is 0 Å². The molecule has 0 aromatic rings. The van der Waals surface area contributed by atoms with Crippen molar-refractivity contribution in [1.82, 2.24) is 4.90 Å². The molecule has 1 radical (unpaired) electrons. The number of ketones is 2. The molecule has 0 aromatic heterocycles. The Morgan fingerprint density at radius 3 is 2.10 bits per heavy atom. The summed E-state index contributed by atoms with van der Waals surface area (Å²) in [5.41, 5.74) is -0.385. The number of hydrogen-bond acceptors (Lipinski definition) is 5. The van der Waals surface area contributed by atoms with Crippen molar-refractivity contribution in [2.45, 2.75) is 86.5 Å². The zero-order valence-corrected chi connectivity index (χ0v) is 27.7. The molecule has 0 aromatic carbocycles. The smallest absolute Gasteiger partial charge is 0.233 e. The molecular formula is C32H49NO5Y. The molecule has 12 atom stereocenters. The molecule has 5 aliphatic rings. The number of rotatable bonds is 9. The van der Waals surface area contributed by atoms with Gasteiger partial charge < -0.3 is 5.11 Å². The summed E-state index contributed by atoms with van der Waals surface area (Å²) in [7, 11) is 0. The van der Waals surface area contributed by atoms with E-state index in [-0.39, 0.29) is 98.0 Å². The molecule has 1 heterocycles. The Morgan fingerprint density at radius 1 is 0.897 bits per heavy atom. The van der Waals surface area contributed by atoms with Crippen molar-refractivity contribution in [2.24, 2.45) is 76.4 Å². The Kier molecular flexibility index (Phi) is 9.42. The Hall–Kier alpha value is -0.456. The summed E-state index contributed by atoms with van der Waals surface area (Å²) in [6, 6.07) is 0. The van der Waals surface area contributed by atoms with Gasteiger partial charge in [-0.15, -0.1) is 0 Å². The number of aliphatic hydroxyl groups is 1. The zero-order chi connectivity index (χ0) is 27.7. The van der Waals surface area contributed by atoms with Crippen LogP contribution < -0.4 is 0 Å². The number of hydrogen-bond donors (Lipinski definition) is 1. The van der Waals surface area contributed by atoms with E-state index in [0.717, 1.165) is 32.1 Å². The summed E-state index contributed by atoms with van der Waals surface area (Å²) in [6.07, 6.45) is 5.61. The van der Waals surface area contributed by atoms with Crippen LogP contribution in [0.4, 0.5) is 0 Å². The molecule has 1 N–H and O–H groups in total. The van der Waals surface area contributed by atoms with Gasteiger partial charge in [-0.1, -0.05) is 41.5 Å². The predicted octanol–water partition coefficient (Wildman–Crippen LogP) is 4.77. The van der Waals surface area contributed by atoms with Crippen molar-refractivity contribution in [3.63, 3.8) is 0 Å². The van der Waals surface area contributed by atoms with E-state index in [1.54, 1.807) is 0 Å². The molecule has 12 unspecified atom stereocenters. The van der Waals surface area contributed by atoms with E-state index in [0.29, 0.717) is 60.5 Å². The average molecular weight is 617 g/mol. The predicted molar refractivity (Wildman–Crippen MR) is 144 cm³/mol. The molecule has 5 rings (SSSR count). The van der Waals surface area contributed by atoms with E-state index in [9.17, 15) is 24.3 Å². The first kappa shape index (κ1) is 31.5. The molecule has 4 aliphatic carbocycles. The van der Waals surface area contributed by atoms with Gasteiger partial charge in [-0.05, 0) is 85.9 Å². The van der Waals surface area contributed by atoms with E-state index in [2.05, 4.69) is 6.92 Å². The minimum Gasteiger partial charge on any atom is -0.396 e. The van der Waals surface area contributed by atoms with Gasteiger partial charge in [-0.25, -0.2) is 0 Å². The fraction of sp³-hybridized carbons (Fsp3) is 0.875. The van der Waals surface area contributed by atoms with Crippen LogP contribution in [0.15, 0.2) is 0 Å². The second kappa shape index (κ2) is 11.7. The minimum atomic E-state index is -0.385. The van der Waals surface area contributed by atoms with E-state index in [1.807, 2.05) is 34.6 Å². The quantitative estimate of drug-likeness (QED) is 0.377. The van der Waals surface area contributed by atoms with Gasteiger partial charge in [-0.2, -0.15) is 0 Å². The van der Waals surface area contributed by atoms with Crippen LogP contribution in [0.25, 0.3) is 0 Å². The maximum absolute atomic E-state index is 13.8. The monoisotopic (exact) mass is 616 g/mol. The fourth-order valence-corrected chi connectivity index (χ4v) is 10.4. The van der Waals surface area contributed by atoms with Gasteiger partial charge in [0.1, 0.15) is 11.6 Å². The summed E-state index contributed by atoms with van der Waals surface area (Å²) >= 11 is 0. The van der Waals surface area contributed by atoms with E-state index >= 15 is 0 Å². The van der Waals surface area contributed by atoms with Crippen molar-refractivity contribution >= 4 is 23.4 Å². The summed E-state index contributed by atoms with van der Waals surface area (Å²) < 4.78 is 0. The molecule has 6 nitrogen and oxygen atoms in total. The molecule has 5 fully saturated rings. The van der Waals surface area contributed by atoms with Crippen LogP contribution >= 0.6 is 0 Å². The topological polar surface area (TPSA) is 91.8 Å². The maximum Gasteiger partial charge on any atom is 0.233 e. The minimum absolute atomic E-state index is 0.